The average Bonchev–Trinajstić information content (AvgIpc) is 2.71. The molecular formula is C22H29N3O3. The van der Waals surface area contributed by atoms with Gasteiger partial charge in [0.1, 0.15) is 0 Å². The van der Waals surface area contributed by atoms with E-state index >= 15 is 0 Å². The Bertz CT molecular complexity index is 778. The lowest BCUT2D eigenvalue weighted by atomic mass is 10.00. The normalized spacial score (nSPS) is 11.7. The third-order valence-electron chi connectivity index (χ3n) is 4.51. The maximum Gasteiger partial charge on any atom is 0.310 e. The number of unbranched alkanes of at least 4 members (excludes halogenated alkanes) is 2. The van der Waals surface area contributed by atoms with Crippen molar-refractivity contribution in [1.82, 2.24) is 15.3 Å². The highest BCUT2D eigenvalue weighted by molar-refractivity contribution is 6.00. The Morgan fingerprint density at radius 2 is 1.89 bits per heavy atom. The van der Waals surface area contributed by atoms with Crippen LogP contribution in [-0.4, -0.2) is 35.0 Å². The lowest BCUT2D eigenvalue weighted by Crippen LogP contribution is -2.34. The molecule has 0 aliphatic carbocycles. The fourth-order valence-electron chi connectivity index (χ4n) is 2.99. The van der Waals surface area contributed by atoms with E-state index in [0.717, 1.165) is 24.8 Å². The lowest BCUT2D eigenvalue weighted by molar-refractivity contribution is -0.148. The highest BCUT2D eigenvalue weighted by Crippen LogP contribution is 2.21. The zero-order valence-electron chi connectivity index (χ0n) is 16.9. The van der Waals surface area contributed by atoms with Crippen LogP contribution in [0.5, 0.6) is 0 Å². The zero-order valence-corrected chi connectivity index (χ0v) is 16.9. The lowest BCUT2D eigenvalue weighted by Gasteiger charge is -2.17. The van der Waals surface area contributed by atoms with Crippen molar-refractivity contribution >= 4 is 11.9 Å². The molecule has 1 heterocycles. The molecule has 0 fully saturated rings. The molecule has 0 spiro atoms. The van der Waals surface area contributed by atoms with Gasteiger partial charge in [-0.1, -0.05) is 43.9 Å². The van der Waals surface area contributed by atoms with Gasteiger partial charge in [-0.05, 0) is 32.4 Å². The summed E-state index contributed by atoms with van der Waals surface area (Å²) in [7, 11) is 0. The van der Waals surface area contributed by atoms with Gasteiger partial charge in [0.15, 0.2) is 5.82 Å². The fourth-order valence-corrected chi connectivity index (χ4v) is 2.99. The third kappa shape index (κ3) is 6.15. The number of benzene rings is 1. The SMILES string of the molecule is CCCCC[C@@H](CNC(=O)c1cc(C)ccc1-c1ncccn1)C(=O)OCC. The van der Waals surface area contributed by atoms with E-state index in [1.807, 2.05) is 25.1 Å². The van der Waals surface area contributed by atoms with Gasteiger partial charge in [0, 0.05) is 24.5 Å². The van der Waals surface area contributed by atoms with Crippen LogP contribution in [0.4, 0.5) is 0 Å². The predicted octanol–water partition coefficient (Wildman–Crippen LogP) is 3.94. The van der Waals surface area contributed by atoms with E-state index in [2.05, 4.69) is 22.2 Å². The number of ether oxygens (including phenoxy) is 1. The van der Waals surface area contributed by atoms with E-state index in [1.165, 1.54) is 0 Å². The molecule has 28 heavy (non-hydrogen) atoms. The number of aryl methyl sites for hydroxylation is 1. The molecule has 1 N–H and O–H groups in total. The van der Waals surface area contributed by atoms with Crippen LogP contribution in [0.1, 0.15) is 55.5 Å². The predicted molar refractivity (Wildman–Crippen MR) is 109 cm³/mol. The molecule has 2 rings (SSSR count). The fraction of sp³-hybridized carbons (Fsp3) is 0.455. The third-order valence-corrected chi connectivity index (χ3v) is 4.51. The number of esters is 1. The topological polar surface area (TPSA) is 81.2 Å². The molecule has 0 saturated carbocycles. The first kappa shape index (κ1) is 21.5. The summed E-state index contributed by atoms with van der Waals surface area (Å²) in [5.74, 6) is -0.333. The molecule has 150 valence electrons. The summed E-state index contributed by atoms with van der Waals surface area (Å²) in [4.78, 5) is 33.6. The van der Waals surface area contributed by atoms with Crippen LogP contribution < -0.4 is 5.32 Å². The van der Waals surface area contributed by atoms with Crippen LogP contribution >= 0.6 is 0 Å². The van der Waals surface area contributed by atoms with Crippen molar-refractivity contribution in [2.24, 2.45) is 5.92 Å². The van der Waals surface area contributed by atoms with E-state index < -0.39 is 0 Å². The number of hydrogen-bond donors (Lipinski definition) is 1. The second kappa shape index (κ2) is 11.2. The molecule has 1 atom stereocenters. The van der Waals surface area contributed by atoms with Gasteiger partial charge in [-0.2, -0.15) is 0 Å². The second-order valence-electron chi connectivity index (χ2n) is 6.78. The summed E-state index contributed by atoms with van der Waals surface area (Å²) < 4.78 is 5.17. The number of carbonyl (C=O) groups excluding carboxylic acids is 2. The van der Waals surface area contributed by atoms with Crippen LogP contribution in [0.3, 0.4) is 0 Å². The van der Waals surface area contributed by atoms with Crippen molar-refractivity contribution in [3.05, 3.63) is 47.8 Å². The van der Waals surface area contributed by atoms with Gasteiger partial charge < -0.3 is 10.1 Å². The van der Waals surface area contributed by atoms with E-state index in [-0.39, 0.29) is 24.3 Å². The molecule has 1 aromatic heterocycles. The first-order valence-corrected chi connectivity index (χ1v) is 9.89. The number of carbonyl (C=O) groups is 2. The Hall–Kier alpha value is -2.76. The molecule has 0 unspecified atom stereocenters. The van der Waals surface area contributed by atoms with Gasteiger partial charge in [0.25, 0.3) is 5.91 Å². The van der Waals surface area contributed by atoms with Crippen LogP contribution in [-0.2, 0) is 9.53 Å². The zero-order chi connectivity index (χ0) is 20.4. The highest BCUT2D eigenvalue weighted by atomic mass is 16.5. The molecule has 2 aromatic rings. The van der Waals surface area contributed by atoms with Gasteiger partial charge in [0.05, 0.1) is 18.1 Å². The quantitative estimate of drug-likeness (QED) is 0.496. The Labute approximate surface area is 166 Å². The minimum atomic E-state index is -0.336. The number of aromatic nitrogens is 2. The van der Waals surface area contributed by atoms with Crippen molar-refractivity contribution < 1.29 is 14.3 Å². The summed E-state index contributed by atoms with van der Waals surface area (Å²) in [5.41, 5.74) is 2.14. The maximum atomic E-state index is 12.9. The van der Waals surface area contributed by atoms with Gasteiger partial charge in [0.2, 0.25) is 0 Å². The van der Waals surface area contributed by atoms with E-state index in [0.29, 0.717) is 30.0 Å². The van der Waals surface area contributed by atoms with Crippen molar-refractivity contribution in [1.29, 1.82) is 0 Å². The van der Waals surface area contributed by atoms with E-state index in [1.54, 1.807) is 25.4 Å². The molecule has 0 saturated heterocycles. The molecule has 1 aromatic carbocycles. The van der Waals surface area contributed by atoms with Crippen LogP contribution in [0.25, 0.3) is 11.4 Å². The number of rotatable bonds is 10. The Morgan fingerprint density at radius 1 is 1.14 bits per heavy atom. The molecule has 6 heteroatoms. The van der Waals surface area contributed by atoms with Crippen molar-refractivity contribution in [3.63, 3.8) is 0 Å². The standard InChI is InChI=1S/C22H29N3O3/c1-4-6-7-9-17(22(27)28-5-2)15-25-21(26)19-14-16(3)10-11-18(19)20-23-12-8-13-24-20/h8,10-14,17H,4-7,9,15H2,1-3H3,(H,25,26)/t17-/m0/s1. The van der Waals surface area contributed by atoms with Gasteiger partial charge >= 0.3 is 5.97 Å². The molecule has 0 aliphatic heterocycles. The smallest absolute Gasteiger partial charge is 0.310 e. The average molecular weight is 383 g/mol. The molecule has 1 amide bonds. The Balaban J connectivity index is 2.14. The second-order valence-corrected chi connectivity index (χ2v) is 6.78. The van der Waals surface area contributed by atoms with Gasteiger partial charge in [-0.15, -0.1) is 0 Å². The number of nitrogens with zero attached hydrogens (tertiary/aromatic N) is 2. The highest BCUT2D eigenvalue weighted by Gasteiger charge is 2.22. The molecule has 6 nitrogen and oxygen atoms in total. The molecular weight excluding hydrogens is 354 g/mol. The number of hydrogen-bond acceptors (Lipinski definition) is 5. The van der Waals surface area contributed by atoms with E-state index in [9.17, 15) is 9.59 Å². The number of amides is 1. The monoisotopic (exact) mass is 383 g/mol. The summed E-state index contributed by atoms with van der Waals surface area (Å²) in [6.07, 6.45) is 7.06. The van der Waals surface area contributed by atoms with Crippen LogP contribution in [0, 0.1) is 12.8 Å². The van der Waals surface area contributed by atoms with Gasteiger partial charge in [-0.3, -0.25) is 9.59 Å². The minimum Gasteiger partial charge on any atom is -0.466 e. The van der Waals surface area contributed by atoms with E-state index in [4.69, 9.17) is 4.74 Å². The number of nitrogens with one attached hydrogen (secondary N) is 1. The molecule has 0 radical (unpaired) electrons. The molecule has 0 aliphatic rings. The largest absolute Gasteiger partial charge is 0.466 e. The van der Waals surface area contributed by atoms with Crippen LogP contribution in [0.15, 0.2) is 36.7 Å². The Kier molecular flexibility index (Phi) is 8.59. The maximum absolute atomic E-state index is 12.9. The first-order chi connectivity index (χ1) is 13.6. The first-order valence-electron chi connectivity index (χ1n) is 9.89. The van der Waals surface area contributed by atoms with Gasteiger partial charge in [-0.25, -0.2) is 9.97 Å². The van der Waals surface area contributed by atoms with Crippen molar-refractivity contribution in [3.8, 4) is 11.4 Å². The van der Waals surface area contributed by atoms with Crippen molar-refractivity contribution in [2.45, 2.75) is 46.5 Å². The molecule has 0 bridgehead atoms. The van der Waals surface area contributed by atoms with Crippen molar-refractivity contribution in [2.75, 3.05) is 13.2 Å². The minimum absolute atomic E-state index is 0.240. The Morgan fingerprint density at radius 3 is 2.57 bits per heavy atom. The summed E-state index contributed by atoms with van der Waals surface area (Å²) in [5, 5.41) is 2.91. The summed E-state index contributed by atoms with van der Waals surface area (Å²) in [6, 6.07) is 7.33. The summed E-state index contributed by atoms with van der Waals surface area (Å²) >= 11 is 0. The van der Waals surface area contributed by atoms with Crippen LogP contribution in [0.2, 0.25) is 0 Å². The summed E-state index contributed by atoms with van der Waals surface area (Å²) in [6.45, 7) is 6.43.